The standard InChI is InChI=1S/C22H23Cl2N5O.C11H20N2O.C7H12O2.C4H10O/c1-25-15-8-4-6-13(19(15)23)14-7-5-9-16(20(14)24)27-22(30)21-26-17-12-28(2)11-10-18(17)29(21)3;1-5-7-11(10(6-2)12-3)13(4)8-9-14;8-7(9)6-4-2-1-3-5-6;1-3-4(2)5/h4-9,25H,10-12H2,1-3H3,(H,27,30);9H,3,5-8H2,1-2,4H3;6H,1-5H2,(H,8,9);4-5H,3H2,1-2H3/b;11-10-;;. The van der Waals surface area contributed by atoms with E-state index in [-0.39, 0.29) is 17.9 Å². The molecule has 2 aromatic carbocycles. The summed E-state index contributed by atoms with van der Waals surface area (Å²) in [5, 5.41) is 23.9. The van der Waals surface area contributed by atoms with Crippen molar-refractivity contribution >= 4 is 59.5 Å². The van der Waals surface area contributed by atoms with E-state index >= 15 is 0 Å². The van der Waals surface area contributed by atoms with Crippen LogP contribution in [-0.4, -0.2) is 94.8 Å². The van der Waals surface area contributed by atoms with E-state index < -0.39 is 5.97 Å². The Morgan fingerprint density at radius 1 is 1.05 bits per heavy atom. The zero-order chi connectivity index (χ0) is 43.4. The molecule has 5 rings (SSSR count). The minimum Gasteiger partial charge on any atom is -0.481 e. The highest BCUT2D eigenvalue weighted by molar-refractivity contribution is 6.39. The van der Waals surface area contributed by atoms with Gasteiger partial charge in [-0.1, -0.05) is 93.9 Å². The van der Waals surface area contributed by atoms with Crippen LogP contribution in [0.15, 0.2) is 52.8 Å². The molecule has 2 aliphatic rings. The van der Waals surface area contributed by atoms with E-state index in [1.807, 2.05) is 67.9 Å². The Balaban J connectivity index is 0.000000341. The number of aldehydes is 1. The molecule has 320 valence electrons. The minimum absolute atomic E-state index is 0.0289. The maximum Gasteiger partial charge on any atom is 0.306 e. The average molecular weight is 843 g/mol. The van der Waals surface area contributed by atoms with Gasteiger partial charge in [0, 0.05) is 63.2 Å². The zero-order valence-corrected chi connectivity index (χ0v) is 37.2. The third kappa shape index (κ3) is 14.9. The number of halogens is 2. The number of anilines is 2. The number of carbonyl (C=O) groups is 3. The first-order valence-corrected chi connectivity index (χ1v) is 21.0. The molecular formula is C44H65Cl2N7O5. The summed E-state index contributed by atoms with van der Waals surface area (Å²) in [6.07, 6.45) is 10.6. The van der Waals surface area contributed by atoms with Crippen LogP contribution in [0, 0.1) is 5.92 Å². The number of carboxylic acid groups (broad SMARTS) is 1. The maximum atomic E-state index is 13.0. The number of nitrogens with zero attached hydrogens (tertiary/aromatic N) is 5. The first kappa shape index (κ1) is 49.9. The molecule has 12 nitrogen and oxygen atoms in total. The normalized spacial score (nSPS) is 14.7. The zero-order valence-electron chi connectivity index (χ0n) is 35.7. The number of likely N-dealkylation sites (N-methyl/N-ethyl adjacent to an activating group) is 2. The van der Waals surface area contributed by atoms with Gasteiger partial charge in [0.1, 0.15) is 6.29 Å². The first-order valence-electron chi connectivity index (χ1n) is 20.2. The third-order valence-corrected chi connectivity index (χ3v) is 11.0. The number of rotatable bonds is 13. The second kappa shape index (κ2) is 26.0. The van der Waals surface area contributed by atoms with Crippen molar-refractivity contribution in [2.45, 2.75) is 105 Å². The molecule has 4 N–H and O–H groups in total. The van der Waals surface area contributed by atoms with E-state index in [0.29, 0.717) is 28.1 Å². The molecule has 0 bridgehead atoms. The van der Waals surface area contributed by atoms with Gasteiger partial charge >= 0.3 is 5.97 Å². The highest BCUT2D eigenvalue weighted by atomic mass is 35.5. The molecule has 0 saturated heterocycles. The van der Waals surface area contributed by atoms with Crippen LogP contribution in [0.1, 0.15) is 107 Å². The summed E-state index contributed by atoms with van der Waals surface area (Å²) in [7, 11) is 7.66. The third-order valence-electron chi connectivity index (χ3n) is 10.2. The van der Waals surface area contributed by atoms with Gasteiger partial charge in [0.25, 0.3) is 5.91 Å². The van der Waals surface area contributed by atoms with Gasteiger partial charge in [-0.25, -0.2) is 4.98 Å². The monoisotopic (exact) mass is 841 g/mol. The van der Waals surface area contributed by atoms with Crippen LogP contribution in [0.4, 0.5) is 11.4 Å². The molecule has 1 fully saturated rings. The van der Waals surface area contributed by atoms with Gasteiger partial charge in [0.2, 0.25) is 0 Å². The molecule has 1 unspecified atom stereocenters. The van der Waals surface area contributed by atoms with Crippen molar-refractivity contribution < 1.29 is 24.6 Å². The van der Waals surface area contributed by atoms with Gasteiger partial charge in [0.05, 0.1) is 51.4 Å². The van der Waals surface area contributed by atoms with Crippen molar-refractivity contribution in [1.82, 2.24) is 19.4 Å². The number of hydrogen-bond donors (Lipinski definition) is 4. The molecule has 1 aliphatic carbocycles. The molecule has 14 heteroatoms. The lowest BCUT2D eigenvalue weighted by Crippen LogP contribution is -2.27. The molecule has 1 aliphatic heterocycles. The quantitative estimate of drug-likeness (QED) is 0.0975. The van der Waals surface area contributed by atoms with Gasteiger partial charge in [-0.15, -0.1) is 0 Å². The van der Waals surface area contributed by atoms with Crippen molar-refractivity contribution in [3.8, 4) is 11.1 Å². The molecule has 2 heterocycles. The second-order valence-electron chi connectivity index (χ2n) is 14.5. The fraction of sp³-hybridized carbons (Fsp3) is 0.523. The Morgan fingerprint density at radius 2 is 1.64 bits per heavy atom. The van der Waals surface area contributed by atoms with Crippen LogP contribution < -0.4 is 10.6 Å². The number of fused-ring (bicyclic) bond motifs is 1. The van der Waals surface area contributed by atoms with Crippen molar-refractivity contribution in [2.24, 2.45) is 18.0 Å². The number of benzene rings is 2. The lowest BCUT2D eigenvalue weighted by Gasteiger charge is -2.21. The summed E-state index contributed by atoms with van der Waals surface area (Å²) in [5.41, 5.74) is 7.05. The van der Waals surface area contributed by atoms with Crippen LogP contribution in [-0.2, 0) is 29.6 Å². The summed E-state index contributed by atoms with van der Waals surface area (Å²) in [5.74, 6) is -0.538. The van der Waals surface area contributed by atoms with Gasteiger partial charge in [-0.2, -0.15) is 0 Å². The molecular weight excluding hydrogens is 777 g/mol. The number of carbonyl (C=O) groups excluding carboxylic acids is 2. The Kier molecular flexibility index (Phi) is 22.4. The molecule has 0 spiro atoms. The first-order chi connectivity index (χ1) is 27.7. The number of amides is 1. The number of aliphatic imine (C=N–C) groups is 1. The second-order valence-corrected chi connectivity index (χ2v) is 15.3. The summed E-state index contributed by atoms with van der Waals surface area (Å²) >= 11 is 13.2. The smallest absolute Gasteiger partial charge is 0.306 e. The Labute approximate surface area is 355 Å². The predicted molar refractivity (Wildman–Crippen MR) is 239 cm³/mol. The van der Waals surface area contributed by atoms with Gasteiger partial charge in [-0.3, -0.25) is 14.6 Å². The fourth-order valence-corrected chi connectivity index (χ4v) is 7.18. The number of nitrogens with one attached hydrogen (secondary N) is 2. The molecule has 1 atom stereocenters. The van der Waals surface area contributed by atoms with Gasteiger partial charge in [-0.05, 0) is 64.9 Å². The highest BCUT2D eigenvalue weighted by Gasteiger charge is 2.25. The van der Waals surface area contributed by atoms with Gasteiger partial charge in [0.15, 0.2) is 5.82 Å². The van der Waals surface area contributed by atoms with E-state index in [2.05, 4.69) is 53.1 Å². The molecule has 0 radical (unpaired) electrons. The van der Waals surface area contributed by atoms with Crippen LogP contribution in [0.5, 0.6) is 0 Å². The molecule has 3 aromatic rings. The van der Waals surface area contributed by atoms with Gasteiger partial charge < -0.3 is 40.0 Å². The number of imidazole rings is 1. The Bertz CT molecular complexity index is 1820. The lowest BCUT2D eigenvalue weighted by molar-refractivity contribution is -0.142. The summed E-state index contributed by atoms with van der Waals surface area (Å²) in [6.45, 7) is 13.6. The van der Waals surface area contributed by atoms with E-state index in [1.54, 1.807) is 13.0 Å². The summed E-state index contributed by atoms with van der Waals surface area (Å²) < 4.78 is 1.88. The van der Waals surface area contributed by atoms with Crippen LogP contribution in [0.3, 0.4) is 0 Å². The number of aliphatic carboxylic acids is 1. The van der Waals surface area contributed by atoms with Crippen LogP contribution in [0.2, 0.25) is 10.0 Å². The molecule has 1 aromatic heterocycles. The largest absolute Gasteiger partial charge is 0.481 e. The number of hydrogen-bond acceptors (Lipinski definition) is 9. The fourth-order valence-electron chi connectivity index (χ4n) is 6.58. The predicted octanol–water partition coefficient (Wildman–Crippen LogP) is 9.34. The van der Waals surface area contributed by atoms with E-state index in [0.717, 1.165) is 117 Å². The van der Waals surface area contributed by atoms with Crippen molar-refractivity contribution in [3.05, 3.63) is 75.0 Å². The summed E-state index contributed by atoms with van der Waals surface area (Å²) in [4.78, 5) is 46.5. The van der Waals surface area contributed by atoms with Crippen molar-refractivity contribution in [3.63, 3.8) is 0 Å². The Hall–Kier alpha value is -4.23. The minimum atomic E-state index is -0.602. The molecule has 1 amide bonds. The Morgan fingerprint density at radius 3 is 2.12 bits per heavy atom. The van der Waals surface area contributed by atoms with E-state index in [1.165, 1.54) is 6.42 Å². The topological polar surface area (TPSA) is 152 Å². The maximum absolute atomic E-state index is 13.0. The molecule has 58 heavy (non-hydrogen) atoms. The number of aliphatic hydroxyl groups excluding tert-OH is 1. The van der Waals surface area contributed by atoms with Crippen molar-refractivity contribution in [1.29, 1.82) is 0 Å². The number of aromatic nitrogens is 2. The van der Waals surface area contributed by atoms with Crippen LogP contribution in [0.25, 0.3) is 11.1 Å². The molecule has 1 saturated carbocycles. The number of allylic oxidation sites excluding steroid dienone is 2. The summed E-state index contributed by atoms with van der Waals surface area (Å²) in [6, 6.07) is 11.2. The van der Waals surface area contributed by atoms with E-state index in [4.69, 9.17) is 33.4 Å². The highest BCUT2D eigenvalue weighted by Crippen LogP contribution is 2.40. The lowest BCUT2D eigenvalue weighted by atomic mass is 9.90. The van der Waals surface area contributed by atoms with Crippen molar-refractivity contribution in [2.75, 3.05) is 44.9 Å². The number of carboxylic acids is 1. The van der Waals surface area contributed by atoms with Crippen LogP contribution >= 0.6 is 23.2 Å². The SMILES string of the molecule is C=N/C(CC)=C(/CCC)N(C)CC=O.CCC(C)O.CNc1cccc(-c2cccc(NC(=O)c3nc4c(n3C)CCN(C)C4)c2Cl)c1Cl.O=C(O)C1CCCCC1. The van der Waals surface area contributed by atoms with E-state index in [9.17, 15) is 14.4 Å². The number of aliphatic hydroxyl groups is 1. The average Bonchev–Trinajstić information content (AvgIpc) is 3.55.